The van der Waals surface area contributed by atoms with Crippen molar-refractivity contribution in [1.82, 2.24) is 9.80 Å². The average Bonchev–Trinajstić information content (AvgIpc) is 2.97. The summed E-state index contributed by atoms with van der Waals surface area (Å²) in [5.74, 6) is 0.0375. The highest BCUT2D eigenvalue weighted by Crippen LogP contribution is 2.18. The lowest BCUT2D eigenvalue weighted by Gasteiger charge is -2.29. The van der Waals surface area contributed by atoms with Crippen LogP contribution in [0.1, 0.15) is 12.8 Å². The molecular formula is C12H20N2O6S2. The quantitative estimate of drug-likeness (QED) is 0.504. The van der Waals surface area contributed by atoms with E-state index in [0.29, 0.717) is 25.7 Å². The minimum atomic E-state index is -3.09. The van der Waals surface area contributed by atoms with Crippen LogP contribution in [-0.2, 0) is 29.3 Å². The van der Waals surface area contributed by atoms with Crippen LogP contribution in [0.25, 0.3) is 0 Å². The second-order valence-corrected chi connectivity index (χ2v) is 10.3. The van der Waals surface area contributed by atoms with Gasteiger partial charge in [-0.15, -0.1) is 0 Å². The minimum Gasteiger partial charge on any atom is -0.339 e. The van der Waals surface area contributed by atoms with Crippen molar-refractivity contribution in [3.05, 3.63) is 0 Å². The fraction of sp³-hybridized carbons (Fsp3) is 0.833. The number of carbonyl (C=O) groups is 2. The zero-order valence-corrected chi connectivity index (χ0v) is 13.8. The molecule has 2 heterocycles. The molecule has 0 aliphatic carbocycles. The number of rotatable bonds is 7. The largest absolute Gasteiger partial charge is 0.339 e. The van der Waals surface area contributed by atoms with Crippen LogP contribution in [0.2, 0.25) is 0 Å². The predicted octanol–water partition coefficient (Wildman–Crippen LogP) is -1.72. The molecule has 0 radical (unpaired) electrons. The van der Waals surface area contributed by atoms with Crippen molar-refractivity contribution in [1.29, 1.82) is 0 Å². The molecule has 0 N–H and O–H groups in total. The zero-order valence-electron chi connectivity index (χ0n) is 12.1. The van der Waals surface area contributed by atoms with Crippen LogP contribution >= 0.6 is 0 Å². The van der Waals surface area contributed by atoms with Crippen molar-refractivity contribution in [2.24, 2.45) is 0 Å². The Labute approximate surface area is 130 Å². The first-order chi connectivity index (χ1) is 10.3. The topological polar surface area (TPSA) is 109 Å². The highest BCUT2D eigenvalue weighted by Gasteiger charge is 2.34. The summed E-state index contributed by atoms with van der Waals surface area (Å²) in [6.45, 7) is 0.415. The third-order valence-corrected chi connectivity index (χ3v) is 7.74. The molecule has 2 aliphatic rings. The van der Waals surface area contributed by atoms with Crippen molar-refractivity contribution in [2.45, 2.75) is 24.9 Å². The van der Waals surface area contributed by atoms with E-state index in [1.54, 1.807) is 0 Å². The van der Waals surface area contributed by atoms with Gasteiger partial charge in [0, 0.05) is 25.2 Å². The average molecular weight is 352 g/mol. The number of sulfone groups is 2. The number of hydrogen-bond donors (Lipinski definition) is 0. The third-order valence-electron chi connectivity index (χ3n) is 4.24. The molecule has 126 valence electrons. The first-order valence-corrected chi connectivity index (χ1v) is 10.7. The van der Waals surface area contributed by atoms with E-state index in [0.717, 1.165) is 0 Å². The smallest absolute Gasteiger partial charge is 0.210 e. The van der Waals surface area contributed by atoms with E-state index >= 15 is 0 Å². The fourth-order valence-corrected chi connectivity index (χ4v) is 6.43. The Hall–Kier alpha value is -1.16. The summed E-state index contributed by atoms with van der Waals surface area (Å²) in [7, 11) is -6.18. The van der Waals surface area contributed by atoms with Crippen molar-refractivity contribution in [3.8, 4) is 0 Å². The Balaban J connectivity index is 1.92. The molecule has 0 spiro atoms. The second-order valence-electron chi connectivity index (χ2n) is 5.80. The summed E-state index contributed by atoms with van der Waals surface area (Å²) in [5, 5.41) is 0. The molecule has 0 aromatic heterocycles. The standard InChI is InChI=1S/C12H20N2O6S2/c15-9-13(11-1-5-21(17,18)7-11)3-4-14(10-16)12-2-6-22(19,20)8-12/h9-12H,1-8H2. The van der Waals surface area contributed by atoms with E-state index in [1.165, 1.54) is 9.80 Å². The maximum Gasteiger partial charge on any atom is 0.210 e. The van der Waals surface area contributed by atoms with E-state index in [-0.39, 0.29) is 48.2 Å². The lowest BCUT2D eigenvalue weighted by Crippen LogP contribution is -2.44. The number of carbonyl (C=O) groups excluding carboxylic acids is 2. The van der Waals surface area contributed by atoms with Crippen molar-refractivity contribution >= 4 is 32.5 Å². The number of nitrogens with zero attached hydrogens (tertiary/aromatic N) is 2. The van der Waals surface area contributed by atoms with E-state index < -0.39 is 19.7 Å². The minimum absolute atomic E-state index is 0.0510. The van der Waals surface area contributed by atoms with Crippen LogP contribution in [0.3, 0.4) is 0 Å². The van der Waals surface area contributed by atoms with Crippen molar-refractivity contribution in [3.63, 3.8) is 0 Å². The summed E-state index contributed by atoms with van der Waals surface area (Å²) in [6, 6.07) is -0.716. The Kier molecular flexibility index (Phi) is 5.10. The summed E-state index contributed by atoms with van der Waals surface area (Å²) in [4.78, 5) is 25.1. The van der Waals surface area contributed by atoms with Gasteiger partial charge in [0.05, 0.1) is 23.0 Å². The highest BCUT2D eigenvalue weighted by atomic mass is 32.2. The van der Waals surface area contributed by atoms with Gasteiger partial charge in [0.2, 0.25) is 12.8 Å². The molecular weight excluding hydrogens is 332 g/mol. The summed E-state index contributed by atoms with van der Waals surface area (Å²) < 4.78 is 45.8. The van der Waals surface area contributed by atoms with Gasteiger partial charge in [-0.2, -0.15) is 0 Å². The SMILES string of the molecule is O=CN(CCN(C=O)C1CCS(=O)(=O)C1)C1CCS(=O)(=O)C1. The molecule has 2 atom stereocenters. The van der Waals surface area contributed by atoms with E-state index in [9.17, 15) is 26.4 Å². The summed E-state index contributed by atoms with van der Waals surface area (Å²) in [6.07, 6.45) is 2.00. The van der Waals surface area contributed by atoms with Gasteiger partial charge in [-0.1, -0.05) is 0 Å². The van der Waals surface area contributed by atoms with E-state index in [1.807, 2.05) is 0 Å². The van der Waals surface area contributed by atoms with Crippen LogP contribution < -0.4 is 0 Å². The van der Waals surface area contributed by atoms with Gasteiger partial charge < -0.3 is 9.80 Å². The molecule has 10 heteroatoms. The Bertz CT molecular complexity index is 574. The van der Waals surface area contributed by atoms with Gasteiger partial charge in [0.25, 0.3) is 0 Å². The summed E-state index contributed by atoms with van der Waals surface area (Å²) in [5.41, 5.74) is 0. The van der Waals surface area contributed by atoms with Gasteiger partial charge in [-0.3, -0.25) is 9.59 Å². The van der Waals surface area contributed by atoms with Crippen molar-refractivity contribution in [2.75, 3.05) is 36.1 Å². The van der Waals surface area contributed by atoms with Gasteiger partial charge in [-0.25, -0.2) is 16.8 Å². The Morgan fingerprint density at radius 3 is 1.36 bits per heavy atom. The molecule has 2 unspecified atom stereocenters. The van der Waals surface area contributed by atoms with E-state index in [4.69, 9.17) is 0 Å². The molecule has 2 fully saturated rings. The number of hydrogen-bond acceptors (Lipinski definition) is 6. The molecule has 0 bridgehead atoms. The first kappa shape index (κ1) is 17.2. The Morgan fingerprint density at radius 1 is 0.773 bits per heavy atom. The third kappa shape index (κ3) is 4.19. The first-order valence-electron chi connectivity index (χ1n) is 7.09. The molecule has 2 rings (SSSR count). The summed E-state index contributed by atoms with van der Waals surface area (Å²) >= 11 is 0. The van der Waals surface area contributed by atoms with Crippen LogP contribution in [0, 0.1) is 0 Å². The van der Waals surface area contributed by atoms with Gasteiger partial charge in [0.1, 0.15) is 0 Å². The second kappa shape index (κ2) is 6.53. The lowest BCUT2D eigenvalue weighted by atomic mass is 10.2. The molecule has 0 aromatic rings. The monoisotopic (exact) mass is 352 g/mol. The van der Waals surface area contributed by atoms with Gasteiger partial charge >= 0.3 is 0 Å². The van der Waals surface area contributed by atoms with Crippen LogP contribution in [0.5, 0.6) is 0 Å². The van der Waals surface area contributed by atoms with Gasteiger partial charge in [-0.05, 0) is 12.8 Å². The van der Waals surface area contributed by atoms with Crippen molar-refractivity contribution < 1.29 is 26.4 Å². The molecule has 2 amide bonds. The molecule has 0 aromatic carbocycles. The van der Waals surface area contributed by atoms with Crippen LogP contribution in [-0.4, -0.2) is 87.6 Å². The van der Waals surface area contributed by atoms with Gasteiger partial charge in [0.15, 0.2) is 19.7 Å². The number of amides is 2. The lowest BCUT2D eigenvalue weighted by molar-refractivity contribution is -0.123. The predicted molar refractivity (Wildman–Crippen MR) is 79.7 cm³/mol. The Morgan fingerprint density at radius 2 is 1.14 bits per heavy atom. The fourth-order valence-electron chi connectivity index (χ4n) is 2.95. The maximum atomic E-state index is 11.5. The molecule has 8 nitrogen and oxygen atoms in total. The maximum absolute atomic E-state index is 11.5. The zero-order chi connectivity index (χ0) is 16.4. The van der Waals surface area contributed by atoms with Crippen LogP contribution in [0.4, 0.5) is 0 Å². The van der Waals surface area contributed by atoms with Crippen LogP contribution in [0.15, 0.2) is 0 Å². The molecule has 2 saturated heterocycles. The normalized spacial score (nSPS) is 29.1. The molecule has 2 aliphatic heterocycles. The van der Waals surface area contributed by atoms with E-state index in [2.05, 4.69) is 0 Å². The molecule has 0 saturated carbocycles. The highest BCUT2D eigenvalue weighted by molar-refractivity contribution is 7.91. The molecule has 22 heavy (non-hydrogen) atoms.